The van der Waals surface area contributed by atoms with Crippen molar-refractivity contribution in [3.8, 4) is 0 Å². The maximum absolute atomic E-state index is 11.1. The van der Waals surface area contributed by atoms with Gasteiger partial charge in [0.1, 0.15) is 11.4 Å². The Morgan fingerprint density at radius 3 is 2.85 bits per heavy atom. The predicted molar refractivity (Wildman–Crippen MR) is 52.4 cm³/mol. The third kappa shape index (κ3) is 1.98. The summed E-state index contributed by atoms with van der Waals surface area (Å²) in [6.07, 6.45) is 0. The summed E-state index contributed by atoms with van der Waals surface area (Å²) in [4.78, 5) is 15.1. The number of halogens is 1. The SMILES string of the molecule is COC(=O)c1cc(Br)c(C)nc1N. The molecule has 1 rings (SSSR count). The van der Waals surface area contributed by atoms with E-state index in [1.807, 2.05) is 0 Å². The fourth-order valence-corrected chi connectivity index (χ4v) is 1.19. The summed E-state index contributed by atoms with van der Waals surface area (Å²) < 4.78 is 5.27. The van der Waals surface area contributed by atoms with E-state index < -0.39 is 5.97 Å². The van der Waals surface area contributed by atoms with Crippen molar-refractivity contribution < 1.29 is 9.53 Å². The highest BCUT2D eigenvalue weighted by Crippen LogP contribution is 2.20. The van der Waals surface area contributed by atoms with Crippen molar-refractivity contribution in [1.29, 1.82) is 0 Å². The van der Waals surface area contributed by atoms with Gasteiger partial charge in [-0.25, -0.2) is 9.78 Å². The third-order valence-electron chi connectivity index (χ3n) is 1.59. The van der Waals surface area contributed by atoms with Crippen LogP contribution in [0.2, 0.25) is 0 Å². The molecule has 2 N–H and O–H groups in total. The Labute approximate surface area is 84.2 Å². The van der Waals surface area contributed by atoms with Crippen LogP contribution in [-0.2, 0) is 4.74 Å². The molecule has 5 heteroatoms. The average molecular weight is 245 g/mol. The second-order valence-corrected chi connectivity index (χ2v) is 3.33. The molecular weight excluding hydrogens is 236 g/mol. The van der Waals surface area contributed by atoms with Gasteiger partial charge in [-0.05, 0) is 28.9 Å². The largest absolute Gasteiger partial charge is 0.465 e. The molecule has 0 aromatic carbocycles. The predicted octanol–water partition coefficient (Wildman–Crippen LogP) is 1.52. The highest BCUT2D eigenvalue weighted by molar-refractivity contribution is 9.10. The van der Waals surface area contributed by atoms with Gasteiger partial charge >= 0.3 is 5.97 Å². The fraction of sp³-hybridized carbons (Fsp3) is 0.250. The molecule has 0 amide bonds. The topological polar surface area (TPSA) is 65.2 Å². The Balaban J connectivity index is 3.23. The highest BCUT2D eigenvalue weighted by Gasteiger charge is 2.12. The van der Waals surface area contributed by atoms with Crippen LogP contribution in [0, 0.1) is 6.92 Å². The molecule has 0 aliphatic heterocycles. The van der Waals surface area contributed by atoms with E-state index in [1.54, 1.807) is 13.0 Å². The molecule has 0 aliphatic rings. The maximum atomic E-state index is 11.1. The van der Waals surface area contributed by atoms with Crippen LogP contribution in [0.4, 0.5) is 5.82 Å². The maximum Gasteiger partial charge on any atom is 0.341 e. The van der Waals surface area contributed by atoms with Gasteiger partial charge in [-0.2, -0.15) is 0 Å². The van der Waals surface area contributed by atoms with Gasteiger partial charge in [-0.3, -0.25) is 0 Å². The van der Waals surface area contributed by atoms with Gasteiger partial charge in [0, 0.05) is 4.47 Å². The number of aromatic nitrogens is 1. The van der Waals surface area contributed by atoms with E-state index in [-0.39, 0.29) is 11.4 Å². The van der Waals surface area contributed by atoms with Crippen molar-refractivity contribution in [3.05, 3.63) is 21.8 Å². The zero-order valence-electron chi connectivity index (χ0n) is 7.30. The number of nitrogen functional groups attached to an aromatic ring is 1. The summed E-state index contributed by atoms with van der Waals surface area (Å²) in [5.41, 5.74) is 6.55. The number of nitrogens with two attached hydrogens (primary N) is 1. The lowest BCUT2D eigenvalue weighted by molar-refractivity contribution is 0.0601. The van der Waals surface area contributed by atoms with Crippen LogP contribution in [0.15, 0.2) is 10.5 Å². The summed E-state index contributed by atoms with van der Waals surface area (Å²) in [5.74, 6) is -0.293. The van der Waals surface area contributed by atoms with Crippen LogP contribution in [0.25, 0.3) is 0 Å². The molecule has 1 aromatic rings. The van der Waals surface area contributed by atoms with Crippen LogP contribution in [-0.4, -0.2) is 18.1 Å². The van der Waals surface area contributed by atoms with Gasteiger partial charge in [-0.1, -0.05) is 0 Å². The first-order chi connectivity index (χ1) is 6.06. The van der Waals surface area contributed by atoms with Crippen LogP contribution >= 0.6 is 15.9 Å². The van der Waals surface area contributed by atoms with Gasteiger partial charge in [0.15, 0.2) is 0 Å². The number of rotatable bonds is 1. The molecule has 70 valence electrons. The molecule has 0 radical (unpaired) electrons. The minimum absolute atomic E-state index is 0.188. The van der Waals surface area contributed by atoms with E-state index in [0.717, 1.165) is 10.2 Å². The van der Waals surface area contributed by atoms with E-state index >= 15 is 0 Å². The van der Waals surface area contributed by atoms with Crippen LogP contribution < -0.4 is 5.73 Å². The number of aryl methyl sites for hydroxylation is 1. The first-order valence-corrected chi connectivity index (χ1v) is 4.36. The normalized spacial score (nSPS) is 9.77. The zero-order chi connectivity index (χ0) is 10.0. The molecule has 4 nitrogen and oxygen atoms in total. The smallest absolute Gasteiger partial charge is 0.341 e. The second-order valence-electron chi connectivity index (χ2n) is 2.48. The minimum atomic E-state index is -0.481. The summed E-state index contributed by atoms with van der Waals surface area (Å²) in [6.45, 7) is 1.79. The Morgan fingerprint density at radius 1 is 1.69 bits per heavy atom. The first kappa shape index (κ1) is 9.98. The number of nitrogens with zero attached hydrogens (tertiary/aromatic N) is 1. The molecule has 13 heavy (non-hydrogen) atoms. The number of pyridine rings is 1. The number of hydrogen-bond donors (Lipinski definition) is 1. The number of esters is 1. The van der Waals surface area contributed by atoms with Crippen molar-refractivity contribution in [3.63, 3.8) is 0 Å². The van der Waals surface area contributed by atoms with Gasteiger partial charge in [0.2, 0.25) is 0 Å². The van der Waals surface area contributed by atoms with Crippen LogP contribution in [0.1, 0.15) is 16.1 Å². The number of carbonyl (C=O) groups is 1. The quantitative estimate of drug-likeness (QED) is 0.762. The zero-order valence-corrected chi connectivity index (χ0v) is 8.88. The molecule has 0 unspecified atom stereocenters. The molecule has 0 saturated heterocycles. The van der Waals surface area contributed by atoms with Crippen LogP contribution in [0.3, 0.4) is 0 Å². The summed E-state index contributed by atoms with van der Waals surface area (Å²) in [7, 11) is 1.30. The molecular formula is C8H9BrN2O2. The molecule has 1 aromatic heterocycles. The van der Waals surface area contributed by atoms with E-state index in [0.29, 0.717) is 0 Å². The van der Waals surface area contributed by atoms with Crippen molar-refractivity contribution in [2.45, 2.75) is 6.92 Å². The number of anilines is 1. The lowest BCUT2D eigenvalue weighted by Gasteiger charge is -2.05. The summed E-state index contributed by atoms with van der Waals surface area (Å²) >= 11 is 3.25. The second kappa shape index (κ2) is 3.74. The van der Waals surface area contributed by atoms with Crippen molar-refractivity contribution in [2.75, 3.05) is 12.8 Å². The average Bonchev–Trinajstić information content (AvgIpc) is 2.10. The molecule has 0 atom stereocenters. The van der Waals surface area contributed by atoms with Crippen molar-refractivity contribution in [2.24, 2.45) is 0 Å². The van der Waals surface area contributed by atoms with E-state index in [2.05, 4.69) is 25.7 Å². The molecule has 1 heterocycles. The minimum Gasteiger partial charge on any atom is -0.465 e. The standard InChI is InChI=1S/C8H9BrN2O2/c1-4-6(9)3-5(7(10)11-4)8(12)13-2/h3H,1-2H3,(H2,10,11). The fourth-order valence-electron chi connectivity index (χ4n) is 0.873. The Bertz CT molecular complexity index is 352. The first-order valence-electron chi connectivity index (χ1n) is 3.57. The van der Waals surface area contributed by atoms with Crippen LogP contribution in [0.5, 0.6) is 0 Å². The summed E-state index contributed by atoms with van der Waals surface area (Å²) in [5, 5.41) is 0. The van der Waals surface area contributed by atoms with E-state index in [9.17, 15) is 4.79 Å². The number of hydrogen-bond acceptors (Lipinski definition) is 4. The van der Waals surface area contributed by atoms with Gasteiger partial charge < -0.3 is 10.5 Å². The third-order valence-corrected chi connectivity index (χ3v) is 2.39. The van der Waals surface area contributed by atoms with E-state index in [1.165, 1.54) is 7.11 Å². The highest BCUT2D eigenvalue weighted by atomic mass is 79.9. The summed E-state index contributed by atoms with van der Waals surface area (Å²) in [6, 6.07) is 1.60. The van der Waals surface area contributed by atoms with Gasteiger partial charge in [0.05, 0.1) is 12.8 Å². The molecule has 0 fully saturated rings. The van der Waals surface area contributed by atoms with Gasteiger partial charge in [-0.15, -0.1) is 0 Å². The Hall–Kier alpha value is -1.10. The Kier molecular flexibility index (Phi) is 2.87. The number of carbonyl (C=O) groups excluding carboxylic acids is 1. The lowest BCUT2D eigenvalue weighted by Crippen LogP contribution is -2.08. The molecule has 0 spiro atoms. The number of methoxy groups -OCH3 is 1. The molecule has 0 saturated carbocycles. The number of ether oxygens (including phenoxy) is 1. The van der Waals surface area contributed by atoms with Crippen molar-refractivity contribution in [1.82, 2.24) is 4.98 Å². The van der Waals surface area contributed by atoms with Crippen molar-refractivity contribution >= 4 is 27.7 Å². The molecule has 0 aliphatic carbocycles. The van der Waals surface area contributed by atoms with Gasteiger partial charge in [0.25, 0.3) is 0 Å². The monoisotopic (exact) mass is 244 g/mol. The molecule has 0 bridgehead atoms. The lowest BCUT2D eigenvalue weighted by atomic mass is 10.2. The van der Waals surface area contributed by atoms with E-state index in [4.69, 9.17) is 5.73 Å². The Morgan fingerprint density at radius 2 is 2.31 bits per heavy atom.